The van der Waals surface area contributed by atoms with Crippen molar-refractivity contribution in [3.05, 3.63) is 48.6 Å². The van der Waals surface area contributed by atoms with E-state index in [4.69, 9.17) is 4.74 Å². The molecule has 1 atom stereocenters. The molecular weight excluding hydrogens is 262 g/mol. The third-order valence-electron chi connectivity index (χ3n) is 3.72. The zero-order valence-corrected chi connectivity index (χ0v) is 12.8. The number of hydrogen-bond acceptors (Lipinski definition) is 2. The van der Waals surface area contributed by atoms with E-state index in [1.54, 1.807) is 0 Å². The van der Waals surface area contributed by atoms with Crippen LogP contribution in [0.2, 0.25) is 0 Å². The summed E-state index contributed by atoms with van der Waals surface area (Å²) in [4.78, 5) is 11.6. The molecule has 0 aliphatic carbocycles. The predicted molar refractivity (Wildman–Crippen MR) is 72.7 cm³/mol. The lowest BCUT2D eigenvalue weighted by Gasteiger charge is -2.44. The monoisotopic (exact) mass is 283 g/mol. The summed E-state index contributed by atoms with van der Waals surface area (Å²) in [5, 5.41) is 0. The summed E-state index contributed by atoms with van der Waals surface area (Å²) in [6, 6.07) is 9.80. The lowest BCUT2D eigenvalue weighted by atomic mass is 10.0. The molecule has 1 aromatic rings. The minimum atomic E-state index is -0.721. The Kier molecular flexibility index (Phi) is 6.27. The molecule has 1 aromatic carbocycles. The normalized spacial score (nSPS) is 13.9. The highest BCUT2D eigenvalue weighted by molar-refractivity contribution is 5.81. The van der Waals surface area contributed by atoms with E-state index in [2.05, 4.69) is 13.5 Å². The maximum Gasteiger partial charge on any atom is 0.335 e. The molecule has 0 aliphatic rings. The lowest BCUT2D eigenvalue weighted by molar-refractivity contribution is -0.970. The van der Waals surface area contributed by atoms with Crippen LogP contribution >= 0.6 is 0 Å². The van der Waals surface area contributed by atoms with Gasteiger partial charge in [0.2, 0.25) is 0 Å². The lowest BCUT2D eigenvalue weighted by Crippen LogP contribution is -3.00. The Morgan fingerprint density at radius 3 is 2.32 bits per heavy atom. The van der Waals surface area contributed by atoms with Gasteiger partial charge in [-0.05, 0) is 19.1 Å². The number of halogens is 1. The van der Waals surface area contributed by atoms with Crippen LogP contribution in [-0.4, -0.2) is 31.1 Å². The van der Waals surface area contributed by atoms with E-state index in [0.29, 0.717) is 4.48 Å². The SMILES string of the molecule is C=CC(=O)OC(C)(c1ccccc1)[N+](C)(C)CC.[Cl-]. The molecular formula is C15H22ClNO2. The van der Waals surface area contributed by atoms with Gasteiger partial charge < -0.3 is 17.1 Å². The number of benzene rings is 1. The first-order valence-corrected chi connectivity index (χ1v) is 6.11. The van der Waals surface area contributed by atoms with Crippen LogP contribution in [-0.2, 0) is 15.3 Å². The first-order chi connectivity index (χ1) is 8.37. The zero-order chi connectivity index (χ0) is 13.8. The van der Waals surface area contributed by atoms with Crippen molar-refractivity contribution in [1.29, 1.82) is 0 Å². The van der Waals surface area contributed by atoms with Crippen molar-refractivity contribution >= 4 is 5.97 Å². The van der Waals surface area contributed by atoms with Gasteiger partial charge in [-0.15, -0.1) is 0 Å². The molecule has 19 heavy (non-hydrogen) atoms. The highest BCUT2D eigenvalue weighted by Crippen LogP contribution is 2.33. The third kappa shape index (κ3) is 3.58. The Hall–Kier alpha value is -1.32. The third-order valence-corrected chi connectivity index (χ3v) is 3.72. The van der Waals surface area contributed by atoms with Gasteiger partial charge in [-0.3, -0.25) is 4.48 Å². The predicted octanol–water partition coefficient (Wildman–Crippen LogP) is -0.311. The van der Waals surface area contributed by atoms with Crippen LogP contribution in [0.3, 0.4) is 0 Å². The van der Waals surface area contributed by atoms with Crippen LogP contribution in [0.25, 0.3) is 0 Å². The van der Waals surface area contributed by atoms with E-state index in [-0.39, 0.29) is 12.4 Å². The zero-order valence-electron chi connectivity index (χ0n) is 12.0. The van der Waals surface area contributed by atoms with Crippen molar-refractivity contribution in [2.24, 2.45) is 0 Å². The highest BCUT2D eigenvalue weighted by Gasteiger charge is 2.45. The quantitative estimate of drug-likeness (QED) is 0.321. The molecule has 0 fully saturated rings. The summed E-state index contributed by atoms with van der Waals surface area (Å²) in [5.74, 6) is -0.402. The van der Waals surface area contributed by atoms with Gasteiger partial charge in [0.1, 0.15) is 0 Å². The highest BCUT2D eigenvalue weighted by atomic mass is 35.5. The van der Waals surface area contributed by atoms with E-state index in [9.17, 15) is 4.79 Å². The van der Waals surface area contributed by atoms with E-state index < -0.39 is 11.7 Å². The fraction of sp³-hybridized carbons (Fsp3) is 0.400. The van der Waals surface area contributed by atoms with Crippen LogP contribution in [0.1, 0.15) is 19.4 Å². The topological polar surface area (TPSA) is 26.3 Å². The molecule has 0 heterocycles. The van der Waals surface area contributed by atoms with Gasteiger partial charge in [-0.25, -0.2) is 4.79 Å². The van der Waals surface area contributed by atoms with Gasteiger partial charge in [0.15, 0.2) is 0 Å². The fourth-order valence-electron chi connectivity index (χ4n) is 1.82. The summed E-state index contributed by atoms with van der Waals surface area (Å²) in [6.45, 7) is 8.32. The molecule has 0 N–H and O–H groups in total. The van der Waals surface area contributed by atoms with E-state index >= 15 is 0 Å². The number of nitrogens with zero attached hydrogens (tertiary/aromatic N) is 1. The van der Waals surface area contributed by atoms with E-state index in [0.717, 1.165) is 12.1 Å². The first kappa shape index (κ1) is 17.7. The van der Waals surface area contributed by atoms with Gasteiger partial charge in [0, 0.05) is 13.0 Å². The number of carbonyl (C=O) groups excluding carboxylic acids is 1. The molecule has 0 radical (unpaired) electrons. The van der Waals surface area contributed by atoms with Crippen molar-refractivity contribution < 1.29 is 26.4 Å². The molecule has 106 valence electrons. The number of esters is 1. The number of carbonyl (C=O) groups is 1. The smallest absolute Gasteiger partial charge is 0.335 e. The minimum absolute atomic E-state index is 0. The van der Waals surface area contributed by atoms with Crippen molar-refractivity contribution in [2.75, 3.05) is 20.6 Å². The van der Waals surface area contributed by atoms with Crippen LogP contribution in [0.5, 0.6) is 0 Å². The van der Waals surface area contributed by atoms with Gasteiger partial charge in [-0.2, -0.15) is 0 Å². The van der Waals surface area contributed by atoms with E-state index in [1.807, 2.05) is 51.4 Å². The van der Waals surface area contributed by atoms with Crippen molar-refractivity contribution in [3.8, 4) is 0 Å². The van der Waals surface area contributed by atoms with Crippen LogP contribution in [0.15, 0.2) is 43.0 Å². The van der Waals surface area contributed by atoms with Crippen molar-refractivity contribution in [3.63, 3.8) is 0 Å². The summed E-state index contributed by atoms with van der Waals surface area (Å²) in [7, 11) is 4.09. The van der Waals surface area contributed by atoms with Crippen molar-refractivity contribution in [2.45, 2.75) is 19.6 Å². The van der Waals surface area contributed by atoms with Gasteiger partial charge in [-0.1, -0.05) is 24.8 Å². The second-order valence-corrected chi connectivity index (χ2v) is 4.98. The van der Waals surface area contributed by atoms with Gasteiger partial charge >= 0.3 is 5.97 Å². The molecule has 0 spiro atoms. The fourth-order valence-corrected chi connectivity index (χ4v) is 1.82. The number of ether oxygens (including phenoxy) is 1. The summed E-state index contributed by atoms with van der Waals surface area (Å²) >= 11 is 0. The Morgan fingerprint density at radius 1 is 1.37 bits per heavy atom. The van der Waals surface area contributed by atoms with Gasteiger partial charge in [0.25, 0.3) is 5.72 Å². The Balaban J connectivity index is 0.00000324. The summed E-state index contributed by atoms with van der Waals surface area (Å²) in [6.07, 6.45) is 1.21. The van der Waals surface area contributed by atoms with Crippen LogP contribution in [0.4, 0.5) is 0 Å². The van der Waals surface area contributed by atoms with Crippen molar-refractivity contribution in [1.82, 2.24) is 0 Å². The molecule has 0 saturated heterocycles. The minimum Gasteiger partial charge on any atom is -1.00 e. The molecule has 1 unspecified atom stereocenters. The molecule has 0 bridgehead atoms. The second-order valence-electron chi connectivity index (χ2n) is 4.98. The first-order valence-electron chi connectivity index (χ1n) is 6.11. The van der Waals surface area contributed by atoms with Gasteiger partial charge in [0.05, 0.1) is 26.2 Å². The molecule has 0 aromatic heterocycles. The summed E-state index contributed by atoms with van der Waals surface area (Å²) in [5.41, 5.74) is 0.258. The largest absolute Gasteiger partial charge is 1.00 e. The Morgan fingerprint density at radius 2 is 1.89 bits per heavy atom. The van der Waals surface area contributed by atoms with Crippen LogP contribution < -0.4 is 12.4 Å². The molecule has 3 nitrogen and oxygen atoms in total. The molecule has 4 heteroatoms. The number of hydrogen-bond donors (Lipinski definition) is 0. The Bertz CT molecular complexity index is 431. The van der Waals surface area contributed by atoms with Crippen LogP contribution in [0, 0.1) is 0 Å². The maximum absolute atomic E-state index is 11.6. The average Bonchev–Trinajstić information content (AvgIpc) is 2.39. The molecule has 0 aliphatic heterocycles. The standard InChI is InChI=1S/C15H22NO2.ClH/c1-6-14(17)18-15(3,16(4,5)7-2)13-11-9-8-10-12-13;/h6,8-12H,1,7H2,2-5H3;1H/q+1;/p-1. The molecule has 1 rings (SSSR count). The number of rotatable bonds is 5. The summed E-state index contributed by atoms with van der Waals surface area (Å²) < 4.78 is 6.20. The molecule has 0 saturated carbocycles. The Labute approximate surface area is 121 Å². The second kappa shape index (κ2) is 6.73. The molecule has 0 amide bonds. The maximum atomic E-state index is 11.6. The van der Waals surface area contributed by atoms with E-state index in [1.165, 1.54) is 6.08 Å². The average molecular weight is 284 g/mol. The number of quaternary nitrogens is 1.